The van der Waals surface area contributed by atoms with Gasteiger partial charge < -0.3 is 20.1 Å². The van der Waals surface area contributed by atoms with Crippen LogP contribution in [0.25, 0.3) is 0 Å². The lowest BCUT2D eigenvalue weighted by Gasteiger charge is -2.19. The van der Waals surface area contributed by atoms with Crippen LogP contribution >= 0.6 is 106 Å². The number of aliphatic hydroxyl groups excluding tert-OH is 2. The molecule has 18 heteroatoms. The quantitative estimate of drug-likeness (QED) is 0.0671. The Morgan fingerprint density at radius 2 is 0.676 bits per heavy atom. The van der Waals surface area contributed by atoms with Crippen molar-refractivity contribution in [1.82, 2.24) is 0 Å². The number of carboxylic acids is 1. The minimum absolute atomic E-state index is 0.0395. The Bertz CT molecular complexity index is 2260. The fourth-order valence-corrected chi connectivity index (χ4v) is 13.6. The van der Waals surface area contributed by atoms with Crippen molar-refractivity contribution < 1.29 is 44.1 Å². The Hall–Kier alpha value is -0.670. The molecule has 0 aliphatic carbocycles. The van der Waals surface area contributed by atoms with Crippen molar-refractivity contribution in [2.24, 2.45) is 10.8 Å². The molecular formula is C87H168O9S9. The zero-order valence-corrected chi connectivity index (χ0v) is 82.7. The Balaban J connectivity index is -0.000000138. The Labute approximate surface area is 690 Å². The second-order valence-electron chi connectivity index (χ2n) is 36.8. The molecular weight excluding hydrogens is 1480 g/mol. The van der Waals surface area contributed by atoms with E-state index < -0.39 is 5.97 Å². The minimum Gasteiger partial charge on any atom is -0.480 e. The fraction of sp³-hybridized carbons (Fsp3) is 0.793. The molecule has 9 nitrogen and oxygen atoms in total. The van der Waals surface area contributed by atoms with Crippen LogP contribution in [0.4, 0.5) is 0 Å². The number of ketones is 5. The molecule has 0 aliphatic rings. The molecule has 2 aromatic rings. The molecule has 0 aromatic heterocycles. The molecule has 3 N–H and O–H groups in total. The fourth-order valence-electron chi connectivity index (χ4n) is 5.94. The first-order chi connectivity index (χ1) is 46.7. The van der Waals surface area contributed by atoms with Crippen LogP contribution in [0, 0.1) is 10.8 Å². The topological polar surface area (TPSA) is 163 Å². The lowest BCUT2D eigenvalue weighted by Crippen LogP contribution is -2.20. The number of hydrogen-bond donors (Lipinski definition) is 3. The van der Waals surface area contributed by atoms with E-state index in [1.54, 1.807) is 88.6 Å². The number of carboxylic acid groups (broad SMARTS) is 1. The second-order valence-corrected chi connectivity index (χ2v) is 53.9. The molecule has 0 aliphatic heterocycles. The third-order valence-corrected chi connectivity index (χ3v) is 22.8. The Morgan fingerprint density at radius 3 is 0.895 bits per heavy atom. The van der Waals surface area contributed by atoms with Crippen molar-refractivity contribution in [2.45, 2.75) is 387 Å². The molecule has 0 bridgehead atoms. The summed E-state index contributed by atoms with van der Waals surface area (Å²) in [6.07, 6.45) is 8.45. The molecule has 0 radical (unpaired) electrons. The van der Waals surface area contributed by atoms with Gasteiger partial charge in [-0.2, -0.15) is 47.0 Å². The normalized spacial score (nSPS) is 12.0. The summed E-state index contributed by atoms with van der Waals surface area (Å²) in [6.45, 7) is 84.1. The van der Waals surface area contributed by atoms with E-state index in [-0.39, 0.29) is 47.4 Å². The molecule has 0 saturated carbocycles. The summed E-state index contributed by atoms with van der Waals surface area (Å²) in [5, 5.41) is 25.1. The number of carbonyl (C=O) groups is 6. The van der Waals surface area contributed by atoms with E-state index in [4.69, 9.17) is 15.3 Å². The van der Waals surface area contributed by atoms with Crippen molar-refractivity contribution in [3.8, 4) is 0 Å². The highest BCUT2D eigenvalue weighted by Crippen LogP contribution is 2.33. The molecule has 1 atom stereocenters. The highest BCUT2D eigenvalue weighted by molar-refractivity contribution is 8.02. The van der Waals surface area contributed by atoms with E-state index in [1.165, 1.54) is 47.2 Å². The van der Waals surface area contributed by atoms with Gasteiger partial charge in [0.2, 0.25) is 0 Å². The smallest absolute Gasteiger partial charge is 0.316 e. The zero-order valence-electron chi connectivity index (χ0n) is 75.3. The van der Waals surface area contributed by atoms with E-state index in [0.717, 1.165) is 42.9 Å². The predicted octanol–water partition coefficient (Wildman–Crippen LogP) is 27.5. The molecule has 105 heavy (non-hydrogen) atoms. The maximum Gasteiger partial charge on any atom is 0.316 e. The number of Topliss-reactive ketones (excluding diaryl/α,β-unsaturated/α-hetero) is 5. The molecule has 2 aromatic carbocycles. The first-order valence-electron chi connectivity index (χ1n) is 37.6. The average Bonchev–Trinajstić information content (AvgIpc) is 0.923. The van der Waals surface area contributed by atoms with Crippen molar-refractivity contribution in [3.63, 3.8) is 0 Å². The van der Waals surface area contributed by atoms with Gasteiger partial charge in [0.05, 0.1) is 29.1 Å². The van der Waals surface area contributed by atoms with Crippen LogP contribution in [0.1, 0.15) is 334 Å². The maximum absolute atomic E-state index is 10.5. The van der Waals surface area contributed by atoms with E-state index >= 15 is 0 Å². The number of aliphatic hydroxyl groups is 2. The SMILES string of the molecule is CC(=O)CCC(C)(C)C.CC(=O)CCSC(C)(C)C.CC(=O)CSC(C)(C)C.CC(=O)CSC(C)(C)C.CC(=O)CSC(C)(C)C.CC(C)(C)CCCCO.CC(C)(C)SCCO.CC(C)(C)SCc1ccccc1.CC(C)(C)Sc1ccccc1.CC(SC(C)(C)C)C(=O)O.CCCCSC(C)(C)C. The Kier molecular flexibility index (Phi) is 76.7. The standard InChI is InChI=1S/C11H16S.C10H14S.C8H16OS.C8H16O.C8H18O.C8H18S.C7H14O2S.3C7H14OS.C6H14OS/c1-11(2,3)12-9-10-7-5-4-6-8-10;1-10(2,3)11-9-7-5-4-6-8-9;1-7(9)5-6-10-8(2,3)4;1-7(9)5-6-8(2,3)4;1-8(2,3)6-4-5-7-9;1-5-6-7-9-8(2,3)4;1-5(6(8)9)10-7(2,3)4;3*1-6(8)5-9-7(2,3)4;1-6(2,3)8-5-4-7/h4-8H,9H2,1-3H3;4-8H,1-3H3;5-6H2,1-4H3;5-6H2,1-4H3;9H,4-7H2,1-3H3;5-7H2,1-4H3;5H,1-4H3,(H,8,9);3*5H2,1-4H3;7H,4-5H2,1-3H3. The van der Waals surface area contributed by atoms with Crippen LogP contribution in [0.15, 0.2) is 65.6 Å². The molecule has 0 heterocycles. The number of rotatable bonds is 24. The third-order valence-electron chi connectivity index (χ3n) is 10.9. The van der Waals surface area contributed by atoms with Gasteiger partial charge in [-0.25, -0.2) is 0 Å². The summed E-state index contributed by atoms with van der Waals surface area (Å²) in [5.41, 5.74) is 2.17. The number of carbonyl (C=O) groups excluding carboxylic acids is 5. The lowest BCUT2D eigenvalue weighted by atomic mass is 9.90. The predicted molar refractivity (Wildman–Crippen MR) is 496 cm³/mol. The first kappa shape index (κ1) is 123. The van der Waals surface area contributed by atoms with Gasteiger partial charge >= 0.3 is 5.97 Å². The number of hydrogen-bond acceptors (Lipinski definition) is 17. The van der Waals surface area contributed by atoms with Gasteiger partial charge in [0.15, 0.2) is 0 Å². The third kappa shape index (κ3) is 153. The highest BCUT2D eigenvalue weighted by atomic mass is 32.2. The van der Waals surface area contributed by atoms with Gasteiger partial charge in [-0.3, -0.25) is 24.0 Å². The number of benzene rings is 2. The number of unbranched alkanes of at least 4 members (excludes halogenated alkanes) is 2. The van der Waals surface area contributed by atoms with Crippen LogP contribution < -0.4 is 0 Å². The number of thioether (sulfide) groups is 9. The van der Waals surface area contributed by atoms with Gasteiger partial charge in [0, 0.05) is 84.3 Å². The van der Waals surface area contributed by atoms with E-state index in [0.29, 0.717) is 77.2 Å². The molecule has 0 amide bonds. The maximum atomic E-state index is 10.5. The van der Waals surface area contributed by atoms with E-state index in [9.17, 15) is 28.8 Å². The molecule has 624 valence electrons. The molecule has 0 fully saturated rings. The second kappa shape index (κ2) is 65.7. The van der Waals surface area contributed by atoms with Gasteiger partial charge in [0.1, 0.15) is 28.9 Å². The van der Waals surface area contributed by atoms with Crippen molar-refractivity contribution in [3.05, 3.63) is 66.2 Å². The molecule has 2 rings (SSSR count). The van der Waals surface area contributed by atoms with Crippen LogP contribution in [0.5, 0.6) is 0 Å². The van der Waals surface area contributed by atoms with E-state index in [2.05, 4.69) is 281 Å². The summed E-state index contributed by atoms with van der Waals surface area (Å²) in [6, 6.07) is 21.1. The largest absolute Gasteiger partial charge is 0.480 e. The summed E-state index contributed by atoms with van der Waals surface area (Å²) in [7, 11) is 0. The molecule has 0 saturated heterocycles. The summed E-state index contributed by atoms with van der Waals surface area (Å²) in [5.74, 6) is 6.80. The van der Waals surface area contributed by atoms with Crippen molar-refractivity contribution in [1.29, 1.82) is 0 Å². The van der Waals surface area contributed by atoms with Crippen molar-refractivity contribution >= 4 is 141 Å². The van der Waals surface area contributed by atoms with Gasteiger partial charge in [-0.15, -0.1) is 58.8 Å². The van der Waals surface area contributed by atoms with Crippen LogP contribution in [0.2, 0.25) is 0 Å². The highest BCUT2D eigenvalue weighted by Gasteiger charge is 2.21. The monoisotopic (exact) mass is 1650 g/mol. The average molecular weight is 1650 g/mol. The summed E-state index contributed by atoms with van der Waals surface area (Å²) < 4.78 is 2.49. The van der Waals surface area contributed by atoms with Crippen LogP contribution in [0.3, 0.4) is 0 Å². The first-order valence-corrected chi connectivity index (χ1v) is 46.2. The van der Waals surface area contributed by atoms with Gasteiger partial charge in [-0.1, -0.05) is 297 Å². The lowest BCUT2D eigenvalue weighted by molar-refractivity contribution is -0.136. The van der Waals surface area contributed by atoms with Crippen LogP contribution in [-0.2, 0) is 34.5 Å². The molecule has 0 spiro atoms. The van der Waals surface area contributed by atoms with E-state index in [1.807, 2.05) is 62.1 Å². The number of aliphatic carboxylic acids is 1. The van der Waals surface area contributed by atoms with Gasteiger partial charge in [0.25, 0.3) is 0 Å². The summed E-state index contributed by atoms with van der Waals surface area (Å²) in [4.78, 5) is 64.1. The zero-order chi connectivity index (χ0) is 85.2. The van der Waals surface area contributed by atoms with Crippen molar-refractivity contribution in [2.75, 3.05) is 47.7 Å². The van der Waals surface area contributed by atoms with Crippen LogP contribution in [-0.4, -0.2) is 146 Å². The van der Waals surface area contributed by atoms with Gasteiger partial charge in [-0.05, 0) is 102 Å². The molecule has 1 unspecified atom stereocenters. The Morgan fingerprint density at radius 1 is 0.352 bits per heavy atom. The minimum atomic E-state index is -0.736. The summed E-state index contributed by atoms with van der Waals surface area (Å²) >= 11 is 16.1.